The summed E-state index contributed by atoms with van der Waals surface area (Å²) < 4.78 is 16.2. The van der Waals surface area contributed by atoms with Gasteiger partial charge in [0.25, 0.3) is 5.91 Å². The van der Waals surface area contributed by atoms with Gasteiger partial charge in [-0.15, -0.1) is 0 Å². The summed E-state index contributed by atoms with van der Waals surface area (Å²) in [6, 6.07) is 24.3. The van der Waals surface area contributed by atoms with Crippen molar-refractivity contribution in [3.63, 3.8) is 0 Å². The number of esters is 1. The lowest BCUT2D eigenvalue weighted by molar-refractivity contribution is -0.145. The minimum absolute atomic E-state index is 0.165. The Bertz CT molecular complexity index is 1280. The molecule has 0 unspecified atom stereocenters. The van der Waals surface area contributed by atoms with E-state index >= 15 is 0 Å². The van der Waals surface area contributed by atoms with E-state index in [-0.39, 0.29) is 19.1 Å². The quantitative estimate of drug-likeness (QED) is 0.270. The monoisotopic (exact) mass is 502 g/mol. The summed E-state index contributed by atoms with van der Waals surface area (Å²) in [5, 5.41) is 0.572. The molecule has 1 aliphatic heterocycles. The lowest BCUT2D eigenvalue weighted by Gasteiger charge is -2.15. The Labute approximate surface area is 214 Å². The molecular weight excluding hydrogens is 476 g/mol. The second-order valence-corrected chi connectivity index (χ2v) is 8.56. The normalized spacial score (nSPS) is 15.4. The molecule has 1 fully saturated rings. The fourth-order valence-corrected chi connectivity index (χ4v) is 4.46. The highest BCUT2D eigenvalue weighted by Crippen LogP contribution is 2.38. The van der Waals surface area contributed by atoms with Crippen molar-refractivity contribution in [1.82, 2.24) is 0 Å². The van der Waals surface area contributed by atoms with Gasteiger partial charge >= 0.3 is 5.97 Å². The summed E-state index contributed by atoms with van der Waals surface area (Å²) in [7, 11) is 0. The number of ether oxygens (including phenoxy) is 3. The van der Waals surface area contributed by atoms with Gasteiger partial charge in [-0.25, -0.2) is 9.79 Å². The molecule has 4 rings (SSSR count). The first-order valence-electron chi connectivity index (χ1n) is 11.6. The van der Waals surface area contributed by atoms with Crippen LogP contribution in [0.15, 0.2) is 88.8 Å². The Morgan fingerprint density at radius 2 is 1.64 bits per heavy atom. The van der Waals surface area contributed by atoms with E-state index < -0.39 is 5.97 Å². The minimum Gasteiger partial charge on any atom is -0.490 e. The number of amidine groups is 1. The van der Waals surface area contributed by atoms with Gasteiger partial charge in [0.05, 0.1) is 29.5 Å². The molecule has 8 heteroatoms. The molecule has 1 aliphatic rings. The fraction of sp³-hybridized carbons (Fsp3) is 0.179. The van der Waals surface area contributed by atoms with Crippen LogP contribution >= 0.6 is 11.8 Å². The topological polar surface area (TPSA) is 77.4 Å². The van der Waals surface area contributed by atoms with Crippen molar-refractivity contribution in [2.75, 3.05) is 24.7 Å². The number of rotatable bonds is 9. The Kier molecular flexibility index (Phi) is 8.41. The predicted molar refractivity (Wildman–Crippen MR) is 143 cm³/mol. The maximum atomic E-state index is 13.5. The summed E-state index contributed by atoms with van der Waals surface area (Å²) in [5.74, 6) is 0.284. The zero-order valence-corrected chi connectivity index (χ0v) is 20.9. The molecule has 0 bridgehead atoms. The number of carbonyl (C=O) groups is 2. The number of anilines is 1. The third-order valence-electron chi connectivity index (χ3n) is 5.02. The van der Waals surface area contributed by atoms with E-state index in [1.165, 1.54) is 11.8 Å². The minimum atomic E-state index is -0.453. The highest BCUT2D eigenvalue weighted by molar-refractivity contribution is 8.19. The first-order chi connectivity index (χ1) is 17.6. The maximum absolute atomic E-state index is 13.5. The van der Waals surface area contributed by atoms with Gasteiger partial charge in [-0.3, -0.25) is 9.69 Å². The Morgan fingerprint density at radius 1 is 0.917 bits per heavy atom. The van der Waals surface area contributed by atoms with Crippen molar-refractivity contribution in [2.24, 2.45) is 4.99 Å². The van der Waals surface area contributed by atoms with Crippen molar-refractivity contribution in [1.29, 1.82) is 0 Å². The van der Waals surface area contributed by atoms with Crippen LogP contribution in [0.3, 0.4) is 0 Å². The molecule has 0 atom stereocenters. The zero-order valence-electron chi connectivity index (χ0n) is 20.0. The molecule has 0 aromatic heterocycles. The highest BCUT2D eigenvalue weighted by atomic mass is 32.2. The highest BCUT2D eigenvalue weighted by Gasteiger charge is 2.34. The molecular formula is C28H26N2O5S. The first-order valence-corrected chi connectivity index (χ1v) is 12.4. The molecule has 3 aromatic rings. The second kappa shape index (κ2) is 12.1. The number of thioether (sulfide) groups is 1. The molecule has 184 valence electrons. The number of benzene rings is 3. The van der Waals surface area contributed by atoms with Crippen LogP contribution in [0.25, 0.3) is 6.08 Å². The van der Waals surface area contributed by atoms with Gasteiger partial charge in [0.15, 0.2) is 23.3 Å². The van der Waals surface area contributed by atoms with E-state index in [9.17, 15) is 9.59 Å². The summed E-state index contributed by atoms with van der Waals surface area (Å²) >= 11 is 1.31. The SMILES string of the molecule is CCOC(=O)COc1ccc(/C=C2/SC(=Nc3ccccc3)N(c3ccccc3)C2=O)cc1OCC. The lowest BCUT2D eigenvalue weighted by Crippen LogP contribution is -2.28. The van der Waals surface area contributed by atoms with Crippen molar-refractivity contribution in [3.8, 4) is 11.5 Å². The summed E-state index contributed by atoms with van der Waals surface area (Å²) in [6.45, 7) is 4.09. The van der Waals surface area contributed by atoms with E-state index in [0.29, 0.717) is 28.2 Å². The molecule has 0 N–H and O–H groups in total. The largest absolute Gasteiger partial charge is 0.490 e. The van der Waals surface area contributed by atoms with E-state index in [4.69, 9.17) is 19.2 Å². The van der Waals surface area contributed by atoms with Gasteiger partial charge in [0.2, 0.25) is 0 Å². The number of carbonyl (C=O) groups excluding carboxylic acids is 2. The van der Waals surface area contributed by atoms with Crippen LogP contribution < -0.4 is 14.4 Å². The Hall–Kier alpha value is -4.04. The average Bonchev–Trinajstić information content (AvgIpc) is 3.19. The number of nitrogens with zero attached hydrogens (tertiary/aromatic N) is 2. The van der Waals surface area contributed by atoms with E-state index in [1.807, 2.05) is 73.7 Å². The summed E-state index contributed by atoms with van der Waals surface area (Å²) in [6.07, 6.45) is 1.80. The Morgan fingerprint density at radius 3 is 2.33 bits per heavy atom. The zero-order chi connectivity index (χ0) is 25.3. The molecule has 1 amide bonds. The Balaban J connectivity index is 1.64. The number of para-hydroxylation sites is 2. The van der Waals surface area contributed by atoms with Crippen LogP contribution in [0.5, 0.6) is 11.5 Å². The van der Waals surface area contributed by atoms with Gasteiger partial charge in [-0.1, -0.05) is 42.5 Å². The standard InChI is InChI=1S/C28H26N2O5S/c1-3-33-24-17-20(15-16-23(24)35-19-26(31)34-4-2)18-25-27(32)30(22-13-9-6-10-14-22)28(36-25)29-21-11-7-5-8-12-21/h5-18H,3-4,19H2,1-2H3/b25-18+,29-28?. The molecule has 36 heavy (non-hydrogen) atoms. The van der Waals surface area contributed by atoms with Gasteiger partial charge in [-0.05, 0) is 73.6 Å². The van der Waals surface area contributed by atoms with E-state index in [0.717, 1.165) is 16.9 Å². The van der Waals surface area contributed by atoms with E-state index in [1.54, 1.807) is 30.0 Å². The van der Waals surface area contributed by atoms with Gasteiger partial charge in [-0.2, -0.15) is 0 Å². The lowest BCUT2D eigenvalue weighted by atomic mass is 10.1. The van der Waals surface area contributed by atoms with Crippen molar-refractivity contribution >= 4 is 46.3 Å². The maximum Gasteiger partial charge on any atom is 0.344 e. The molecule has 0 saturated carbocycles. The summed E-state index contributed by atoms with van der Waals surface area (Å²) in [5.41, 5.74) is 2.26. The molecule has 1 heterocycles. The smallest absolute Gasteiger partial charge is 0.344 e. The third kappa shape index (κ3) is 6.14. The fourth-order valence-electron chi connectivity index (χ4n) is 3.46. The van der Waals surface area contributed by atoms with Crippen LogP contribution in [0.4, 0.5) is 11.4 Å². The number of hydrogen-bond donors (Lipinski definition) is 0. The molecule has 1 saturated heterocycles. The molecule has 7 nitrogen and oxygen atoms in total. The van der Waals surface area contributed by atoms with Crippen molar-refractivity contribution < 1.29 is 23.8 Å². The molecule has 0 radical (unpaired) electrons. The third-order valence-corrected chi connectivity index (χ3v) is 5.99. The van der Waals surface area contributed by atoms with Crippen LogP contribution in [-0.4, -0.2) is 36.9 Å². The first kappa shape index (κ1) is 25.1. The number of amides is 1. The van der Waals surface area contributed by atoms with Crippen LogP contribution in [0, 0.1) is 0 Å². The van der Waals surface area contributed by atoms with Gasteiger partial charge in [0.1, 0.15) is 0 Å². The van der Waals surface area contributed by atoms with Crippen LogP contribution in [0.1, 0.15) is 19.4 Å². The summed E-state index contributed by atoms with van der Waals surface area (Å²) in [4.78, 5) is 32.0. The van der Waals surface area contributed by atoms with Crippen molar-refractivity contribution in [2.45, 2.75) is 13.8 Å². The average molecular weight is 503 g/mol. The van der Waals surface area contributed by atoms with Gasteiger partial charge in [0, 0.05) is 0 Å². The van der Waals surface area contributed by atoms with Gasteiger partial charge < -0.3 is 14.2 Å². The van der Waals surface area contributed by atoms with E-state index in [2.05, 4.69) is 0 Å². The van der Waals surface area contributed by atoms with Crippen LogP contribution in [-0.2, 0) is 14.3 Å². The molecule has 0 spiro atoms. The molecule has 0 aliphatic carbocycles. The number of aliphatic imine (C=N–C) groups is 1. The van der Waals surface area contributed by atoms with Crippen LogP contribution in [0.2, 0.25) is 0 Å². The number of hydrogen-bond acceptors (Lipinski definition) is 7. The molecule has 3 aromatic carbocycles. The second-order valence-electron chi connectivity index (χ2n) is 7.55. The predicted octanol–water partition coefficient (Wildman–Crippen LogP) is 5.84. The van der Waals surface area contributed by atoms with Crippen molar-refractivity contribution in [3.05, 3.63) is 89.3 Å².